The summed E-state index contributed by atoms with van der Waals surface area (Å²) >= 11 is 4.63. The van der Waals surface area contributed by atoms with E-state index in [0.717, 1.165) is 11.4 Å². The highest BCUT2D eigenvalue weighted by Crippen LogP contribution is 2.21. The number of rotatable bonds is 1. The quantitative estimate of drug-likeness (QED) is 0.647. The molecule has 0 aliphatic carbocycles. The van der Waals surface area contributed by atoms with E-state index in [1.807, 2.05) is 0 Å². The van der Waals surface area contributed by atoms with Gasteiger partial charge in [-0.2, -0.15) is 8.78 Å². The van der Waals surface area contributed by atoms with Gasteiger partial charge in [-0.25, -0.2) is 0 Å². The minimum absolute atomic E-state index is 0.293. The predicted molar refractivity (Wildman–Crippen MR) is 44.9 cm³/mol. The van der Waals surface area contributed by atoms with E-state index in [1.54, 1.807) is 0 Å². The van der Waals surface area contributed by atoms with E-state index in [-0.39, 0.29) is 0 Å². The molecule has 0 aromatic carbocycles. The molecular formula is C7H11ClF2N2O. The smallest absolute Gasteiger partial charge is 0.335 e. The lowest BCUT2D eigenvalue weighted by molar-refractivity contribution is -0.146. The Morgan fingerprint density at radius 3 is 2.69 bits per heavy atom. The van der Waals surface area contributed by atoms with Gasteiger partial charge in [-0.1, -0.05) is 0 Å². The van der Waals surface area contributed by atoms with Gasteiger partial charge in [0.15, 0.2) is 0 Å². The minimum atomic E-state index is -3.76. The molecule has 3 nitrogen and oxygen atoms in total. The summed E-state index contributed by atoms with van der Waals surface area (Å²) in [6.45, 7) is 1.92. The molecule has 0 aromatic rings. The largest absolute Gasteiger partial charge is 0.399 e. The Hall–Kier alpha value is -0.420. The lowest BCUT2D eigenvalue weighted by Gasteiger charge is -2.21. The Bertz CT molecular complexity index is 187. The minimum Gasteiger partial charge on any atom is -0.335 e. The molecule has 1 aliphatic heterocycles. The van der Waals surface area contributed by atoms with Crippen molar-refractivity contribution in [2.24, 2.45) is 0 Å². The molecule has 0 saturated carbocycles. The summed E-state index contributed by atoms with van der Waals surface area (Å²) in [4.78, 5) is 12.1. The summed E-state index contributed by atoms with van der Waals surface area (Å²) < 4.78 is 24.8. The third-order valence-electron chi connectivity index (χ3n) is 1.87. The van der Waals surface area contributed by atoms with Gasteiger partial charge in [-0.3, -0.25) is 4.79 Å². The predicted octanol–water partition coefficient (Wildman–Crippen LogP) is 0.640. The lowest BCUT2D eigenvalue weighted by atomic mass is 10.4. The van der Waals surface area contributed by atoms with Crippen LogP contribution in [0.25, 0.3) is 0 Å². The highest BCUT2D eigenvalue weighted by Gasteiger charge is 2.39. The molecule has 6 heteroatoms. The number of hydrogen-bond acceptors (Lipinski definition) is 2. The summed E-state index contributed by atoms with van der Waals surface area (Å²) in [6, 6.07) is 0. The number of nitrogens with one attached hydrogen (secondary N) is 1. The molecule has 13 heavy (non-hydrogen) atoms. The summed E-state index contributed by atoms with van der Waals surface area (Å²) in [6.07, 6.45) is 0.679. The van der Waals surface area contributed by atoms with Crippen LogP contribution in [0.1, 0.15) is 6.42 Å². The van der Waals surface area contributed by atoms with Gasteiger partial charge in [0.1, 0.15) is 0 Å². The molecule has 1 amide bonds. The highest BCUT2D eigenvalue weighted by atomic mass is 35.5. The third kappa shape index (κ3) is 3.08. The van der Waals surface area contributed by atoms with Gasteiger partial charge < -0.3 is 10.2 Å². The first kappa shape index (κ1) is 10.7. The fourth-order valence-electron chi connectivity index (χ4n) is 1.23. The van der Waals surface area contributed by atoms with Gasteiger partial charge in [-0.05, 0) is 24.6 Å². The third-order valence-corrected chi connectivity index (χ3v) is 2.03. The van der Waals surface area contributed by atoms with E-state index in [0.29, 0.717) is 26.1 Å². The van der Waals surface area contributed by atoms with E-state index < -0.39 is 11.3 Å². The second-order valence-electron chi connectivity index (χ2n) is 2.89. The fourth-order valence-corrected chi connectivity index (χ4v) is 1.35. The van der Waals surface area contributed by atoms with Crippen LogP contribution in [0.3, 0.4) is 0 Å². The molecule has 1 saturated heterocycles. The van der Waals surface area contributed by atoms with Crippen molar-refractivity contribution in [3.8, 4) is 0 Å². The monoisotopic (exact) mass is 212 g/mol. The van der Waals surface area contributed by atoms with Gasteiger partial charge in [0.2, 0.25) is 0 Å². The van der Waals surface area contributed by atoms with E-state index in [2.05, 4.69) is 16.9 Å². The maximum absolute atomic E-state index is 12.4. The first-order valence-corrected chi connectivity index (χ1v) is 4.46. The van der Waals surface area contributed by atoms with Crippen molar-refractivity contribution in [2.45, 2.75) is 11.8 Å². The summed E-state index contributed by atoms with van der Waals surface area (Å²) in [7, 11) is 0. The molecule has 1 aliphatic rings. The average molecular weight is 213 g/mol. The zero-order valence-corrected chi connectivity index (χ0v) is 7.78. The number of carbonyl (C=O) groups excluding carboxylic acids is 1. The van der Waals surface area contributed by atoms with Crippen LogP contribution in [0, 0.1) is 0 Å². The second-order valence-corrected chi connectivity index (χ2v) is 3.37. The van der Waals surface area contributed by atoms with Crippen molar-refractivity contribution in [1.82, 2.24) is 10.2 Å². The van der Waals surface area contributed by atoms with Crippen LogP contribution in [0.4, 0.5) is 8.78 Å². The van der Waals surface area contributed by atoms with Crippen molar-refractivity contribution in [2.75, 3.05) is 26.2 Å². The van der Waals surface area contributed by atoms with Crippen molar-refractivity contribution >= 4 is 17.5 Å². The maximum Gasteiger partial charge on any atom is 0.399 e. The van der Waals surface area contributed by atoms with Crippen molar-refractivity contribution in [3.05, 3.63) is 0 Å². The Balaban J connectivity index is 2.54. The van der Waals surface area contributed by atoms with Crippen molar-refractivity contribution < 1.29 is 13.6 Å². The van der Waals surface area contributed by atoms with E-state index in [9.17, 15) is 13.6 Å². The first-order valence-electron chi connectivity index (χ1n) is 4.08. The van der Waals surface area contributed by atoms with Crippen LogP contribution in [-0.4, -0.2) is 42.4 Å². The average Bonchev–Trinajstić information content (AvgIpc) is 2.28. The molecule has 0 spiro atoms. The van der Waals surface area contributed by atoms with Gasteiger partial charge in [-0.15, -0.1) is 0 Å². The zero-order valence-electron chi connectivity index (χ0n) is 7.02. The Labute approximate surface area is 80.0 Å². The standard InChI is InChI=1S/C7H11ClF2N2O/c8-7(9,10)6(13)12-4-1-2-11-3-5-12/h11H,1-5H2. The molecule has 1 N–H and O–H groups in total. The van der Waals surface area contributed by atoms with E-state index >= 15 is 0 Å². The number of nitrogens with zero attached hydrogens (tertiary/aromatic N) is 1. The topological polar surface area (TPSA) is 32.3 Å². The molecule has 0 bridgehead atoms. The van der Waals surface area contributed by atoms with Gasteiger partial charge in [0, 0.05) is 19.6 Å². The first-order chi connectivity index (χ1) is 6.02. The van der Waals surface area contributed by atoms with Crippen LogP contribution < -0.4 is 5.32 Å². The molecule has 1 heterocycles. The van der Waals surface area contributed by atoms with Gasteiger partial charge >= 0.3 is 11.3 Å². The number of halogens is 3. The number of amides is 1. The molecule has 1 rings (SSSR count). The molecule has 76 valence electrons. The highest BCUT2D eigenvalue weighted by molar-refractivity contribution is 6.32. The number of hydrogen-bond donors (Lipinski definition) is 1. The Morgan fingerprint density at radius 1 is 1.38 bits per heavy atom. The maximum atomic E-state index is 12.4. The molecule has 0 radical (unpaired) electrons. The van der Waals surface area contributed by atoms with Crippen molar-refractivity contribution in [1.29, 1.82) is 0 Å². The molecule has 0 atom stereocenters. The molecule has 0 unspecified atom stereocenters. The van der Waals surface area contributed by atoms with Crippen molar-refractivity contribution in [3.63, 3.8) is 0 Å². The lowest BCUT2D eigenvalue weighted by Crippen LogP contribution is -2.42. The summed E-state index contributed by atoms with van der Waals surface area (Å²) in [5, 5.41) is -0.758. The SMILES string of the molecule is O=C(N1CCCNCC1)C(F)(F)Cl. The van der Waals surface area contributed by atoms with Gasteiger partial charge in [0.25, 0.3) is 0 Å². The molecule has 0 aromatic heterocycles. The van der Waals surface area contributed by atoms with Crippen LogP contribution in [-0.2, 0) is 4.79 Å². The van der Waals surface area contributed by atoms with Crippen LogP contribution in [0.5, 0.6) is 0 Å². The van der Waals surface area contributed by atoms with E-state index in [1.165, 1.54) is 0 Å². The van der Waals surface area contributed by atoms with Crippen LogP contribution >= 0.6 is 11.6 Å². The second kappa shape index (κ2) is 4.19. The summed E-state index contributed by atoms with van der Waals surface area (Å²) in [5.74, 6) is -1.29. The number of alkyl halides is 3. The van der Waals surface area contributed by atoms with Crippen LogP contribution in [0.2, 0.25) is 0 Å². The normalized spacial score (nSPS) is 19.8. The van der Waals surface area contributed by atoms with E-state index in [4.69, 9.17) is 0 Å². The summed E-state index contributed by atoms with van der Waals surface area (Å²) in [5.41, 5.74) is 0. The molecular weight excluding hydrogens is 202 g/mol. The fraction of sp³-hybridized carbons (Fsp3) is 0.857. The zero-order chi connectivity index (χ0) is 9.90. The Kier molecular flexibility index (Phi) is 3.44. The number of carbonyl (C=O) groups is 1. The van der Waals surface area contributed by atoms with Gasteiger partial charge in [0.05, 0.1) is 0 Å². The van der Waals surface area contributed by atoms with Crippen LogP contribution in [0.15, 0.2) is 0 Å². The molecule has 1 fully saturated rings. The Morgan fingerprint density at radius 2 is 2.08 bits per heavy atom.